The van der Waals surface area contributed by atoms with Gasteiger partial charge in [0.2, 0.25) is 5.91 Å². The molecule has 2 aromatic rings. The monoisotopic (exact) mass is 352 g/mol. The molecule has 0 aromatic heterocycles. The van der Waals surface area contributed by atoms with Crippen LogP contribution in [0.15, 0.2) is 54.6 Å². The van der Waals surface area contributed by atoms with E-state index in [2.05, 4.69) is 10.6 Å². The van der Waals surface area contributed by atoms with Crippen molar-refractivity contribution >= 4 is 23.6 Å². The lowest BCUT2D eigenvalue weighted by Crippen LogP contribution is -2.32. The van der Waals surface area contributed by atoms with Gasteiger partial charge in [-0.2, -0.15) is 0 Å². The molecule has 3 rings (SSSR count). The van der Waals surface area contributed by atoms with Crippen LogP contribution in [0.1, 0.15) is 41.6 Å². The van der Waals surface area contributed by atoms with Gasteiger partial charge in [0, 0.05) is 23.4 Å². The van der Waals surface area contributed by atoms with Crippen LogP contribution in [0, 0.1) is 5.82 Å². The maximum absolute atomic E-state index is 12.8. The van der Waals surface area contributed by atoms with Crippen molar-refractivity contribution in [3.63, 3.8) is 0 Å². The van der Waals surface area contributed by atoms with Gasteiger partial charge in [0.25, 0.3) is 5.91 Å². The molecule has 0 heterocycles. The second-order valence-corrected chi connectivity index (χ2v) is 6.41. The van der Waals surface area contributed by atoms with Gasteiger partial charge in [-0.05, 0) is 60.9 Å². The van der Waals surface area contributed by atoms with E-state index in [9.17, 15) is 14.0 Å². The van der Waals surface area contributed by atoms with Crippen molar-refractivity contribution in [1.82, 2.24) is 5.32 Å². The second kappa shape index (κ2) is 8.43. The third-order valence-electron chi connectivity index (χ3n) is 4.40. The number of rotatable bonds is 5. The van der Waals surface area contributed by atoms with Crippen LogP contribution in [-0.2, 0) is 4.79 Å². The Bertz CT molecular complexity index is 792. The lowest BCUT2D eigenvalue weighted by molar-refractivity contribution is -0.111. The fraction of sp³-hybridized carbons (Fsp3) is 0.238. The smallest absolute Gasteiger partial charge is 0.251 e. The largest absolute Gasteiger partial charge is 0.349 e. The highest BCUT2D eigenvalue weighted by atomic mass is 19.1. The Hall–Kier alpha value is -2.95. The fourth-order valence-electron chi connectivity index (χ4n) is 2.97. The number of hydrogen-bond acceptors (Lipinski definition) is 2. The molecule has 134 valence electrons. The van der Waals surface area contributed by atoms with Gasteiger partial charge in [-0.15, -0.1) is 0 Å². The summed E-state index contributed by atoms with van der Waals surface area (Å²) in [7, 11) is 0. The van der Waals surface area contributed by atoms with Crippen LogP contribution in [0.5, 0.6) is 0 Å². The van der Waals surface area contributed by atoms with Crippen molar-refractivity contribution in [3.05, 3.63) is 71.6 Å². The maximum atomic E-state index is 12.8. The highest BCUT2D eigenvalue weighted by Gasteiger charge is 2.17. The van der Waals surface area contributed by atoms with Crippen LogP contribution in [0.4, 0.5) is 10.1 Å². The number of amides is 2. The Morgan fingerprint density at radius 2 is 1.62 bits per heavy atom. The number of carbonyl (C=O) groups excluding carboxylic acids is 2. The Balaban J connectivity index is 1.53. The van der Waals surface area contributed by atoms with E-state index < -0.39 is 0 Å². The normalized spacial score (nSPS) is 14.5. The van der Waals surface area contributed by atoms with E-state index in [1.54, 1.807) is 42.5 Å². The van der Waals surface area contributed by atoms with Gasteiger partial charge in [0.1, 0.15) is 5.82 Å². The Morgan fingerprint density at radius 1 is 0.962 bits per heavy atom. The Kier molecular flexibility index (Phi) is 5.79. The summed E-state index contributed by atoms with van der Waals surface area (Å²) in [6.45, 7) is 0. The van der Waals surface area contributed by atoms with Gasteiger partial charge in [-0.25, -0.2) is 4.39 Å². The first kappa shape index (κ1) is 17.9. The molecular formula is C21H21FN2O2. The molecule has 1 aliphatic rings. The summed E-state index contributed by atoms with van der Waals surface area (Å²) in [6.07, 6.45) is 7.41. The number of benzene rings is 2. The third-order valence-corrected chi connectivity index (χ3v) is 4.40. The number of hydrogen-bond donors (Lipinski definition) is 2. The minimum Gasteiger partial charge on any atom is -0.349 e. The quantitative estimate of drug-likeness (QED) is 0.794. The topological polar surface area (TPSA) is 58.2 Å². The highest BCUT2D eigenvalue weighted by Crippen LogP contribution is 2.18. The molecule has 1 aliphatic carbocycles. The molecule has 4 nitrogen and oxygen atoms in total. The zero-order valence-corrected chi connectivity index (χ0v) is 14.4. The van der Waals surface area contributed by atoms with Gasteiger partial charge < -0.3 is 10.6 Å². The minimum atomic E-state index is -0.316. The van der Waals surface area contributed by atoms with Crippen LogP contribution in [0.25, 0.3) is 6.08 Å². The van der Waals surface area contributed by atoms with Crippen molar-refractivity contribution in [1.29, 1.82) is 0 Å². The van der Waals surface area contributed by atoms with Crippen molar-refractivity contribution in [2.45, 2.75) is 31.7 Å². The van der Waals surface area contributed by atoms with E-state index in [0.29, 0.717) is 11.3 Å². The molecule has 1 saturated carbocycles. The molecule has 0 unspecified atom stereocenters. The first-order valence-corrected chi connectivity index (χ1v) is 8.76. The van der Waals surface area contributed by atoms with Crippen molar-refractivity contribution < 1.29 is 14.0 Å². The van der Waals surface area contributed by atoms with E-state index >= 15 is 0 Å². The predicted molar refractivity (Wildman–Crippen MR) is 100 cm³/mol. The molecule has 0 spiro atoms. The van der Waals surface area contributed by atoms with Gasteiger partial charge in [0.15, 0.2) is 0 Å². The van der Waals surface area contributed by atoms with E-state index in [-0.39, 0.29) is 23.7 Å². The average Bonchev–Trinajstić information content (AvgIpc) is 3.15. The van der Waals surface area contributed by atoms with Crippen LogP contribution >= 0.6 is 0 Å². The minimum absolute atomic E-state index is 0.0778. The number of anilines is 1. The molecule has 0 aliphatic heterocycles. The van der Waals surface area contributed by atoms with Gasteiger partial charge >= 0.3 is 0 Å². The summed E-state index contributed by atoms with van der Waals surface area (Å²) in [5.41, 5.74) is 1.92. The van der Waals surface area contributed by atoms with E-state index in [0.717, 1.165) is 18.4 Å². The molecular weight excluding hydrogens is 331 g/mol. The highest BCUT2D eigenvalue weighted by molar-refractivity contribution is 6.02. The van der Waals surface area contributed by atoms with Gasteiger partial charge in [-0.1, -0.05) is 25.0 Å². The summed E-state index contributed by atoms with van der Waals surface area (Å²) in [4.78, 5) is 24.1. The lowest BCUT2D eigenvalue weighted by atomic mass is 10.1. The summed E-state index contributed by atoms with van der Waals surface area (Å²) in [5, 5.41) is 5.76. The van der Waals surface area contributed by atoms with Crippen molar-refractivity contribution in [2.75, 3.05) is 5.32 Å². The zero-order valence-electron chi connectivity index (χ0n) is 14.4. The molecule has 0 bridgehead atoms. The summed E-state index contributed by atoms with van der Waals surface area (Å²) < 4.78 is 12.8. The Morgan fingerprint density at radius 3 is 2.27 bits per heavy atom. The lowest BCUT2D eigenvalue weighted by Gasteiger charge is -2.12. The van der Waals surface area contributed by atoms with Crippen LogP contribution < -0.4 is 10.6 Å². The van der Waals surface area contributed by atoms with Crippen LogP contribution in [-0.4, -0.2) is 17.9 Å². The van der Waals surface area contributed by atoms with Crippen LogP contribution in [0.2, 0.25) is 0 Å². The SMILES string of the molecule is O=C(/C=C/c1ccc(F)cc1)Nc1ccc(C(=O)NC2CCCC2)cc1. The zero-order chi connectivity index (χ0) is 18.4. The molecule has 5 heteroatoms. The average molecular weight is 352 g/mol. The molecule has 2 N–H and O–H groups in total. The molecule has 0 atom stereocenters. The molecule has 0 saturated heterocycles. The van der Waals surface area contributed by atoms with Crippen molar-refractivity contribution in [2.24, 2.45) is 0 Å². The molecule has 1 fully saturated rings. The maximum Gasteiger partial charge on any atom is 0.251 e. The van der Waals surface area contributed by atoms with E-state index in [1.165, 1.54) is 31.1 Å². The van der Waals surface area contributed by atoms with Crippen LogP contribution in [0.3, 0.4) is 0 Å². The molecule has 2 amide bonds. The predicted octanol–water partition coefficient (Wildman–Crippen LogP) is 4.15. The summed E-state index contributed by atoms with van der Waals surface area (Å²) >= 11 is 0. The standard InChI is InChI=1S/C21H21FN2O2/c22-17-10-5-15(6-11-17)7-14-20(25)23-19-12-8-16(9-13-19)21(26)24-18-3-1-2-4-18/h5-14,18H,1-4H2,(H,23,25)(H,24,26)/b14-7+. The summed E-state index contributed by atoms with van der Waals surface area (Å²) in [5.74, 6) is -0.688. The first-order valence-electron chi connectivity index (χ1n) is 8.76. The number of carbonyl (C=O) groups is 2. The van der Waals surface area contributed by atoms with E-state index in [4.69, 9.17) is 0 Å². The number of halogens is 1. The Labute approximate surface area is 152 Å². The first-order chi connectivity index (χ1) is 12.6. The third kappa shape index (κ3) is 5.02. The second-order valence-electron chi connectivity index (χ2n) is 6.41. The van der Waals surface area contributed by atoms with Crippen molar-refractivity contribution in [3.8, 4) is 0 Å². The molecule has 0 radical (unpaired) electrons. The number of nitrogens with one attached hydrogen (secondary N) is 2. The molecule has 26 heavy (non-hydrogen) atoms. The fourth-order valence-corrected chi connectivity index (χ4v) is 2.97. The van der Waals surface area contributed by atoms with Gasteiger partial charge in [-0.3, -0.25) is 9.59 Å². The van der Waals surface area contributed by atoms with E-state index in [1.807, 2.05) is 0 Å². The summed E-state index contributed by atoms with van der Waals surface area (Å²) in [6, 6.07) is 12.9. The van der Waals surface area contributed by atoms with Gasteiger partial charge in [0.05, 0.1) is 0 Å². The molecule has 2 aromatic carbocycles.